The maximum atomic E-state index is 9.24. The van der Waals surface area contributed by atoms with Gasteiger partial charge in [-0.2, -0.15) is 0 Å². The average Bonchev–Trinajstić information content (AvgIpc) is 2.19. The largest absolute Gasteiger partial charge is 0.480 e. The van der Waals surface area contributed by atoms with E-state index in [-0.39, 0.29) is 12.4 Å². The zero-order chi connectivity index (χ0) is 11.8. The second kappa shape index (κ2) is 6.56. The van der Waals surface area contributed by atoms with Gasteiger partial charge in [0.25, 0.3) is 0 Å². The summed E-state index contributed by atoms with van der Waals surface area (Å²) >= 11 is 0. The van der Waals surface area contributed by atoms with E-state index < -0.39 is 5.97 Å². The Morgan fingerprint density at radius 3 is 2.07 bits per heavy atom. The van der Waals surface area contributed by atoms with E-state index in [1.165, 1.54) is 5.56 Å². The van der Waals surface area contributed by atoms with Gasteiger partial charge in [-0.3, -0.25) is 10.2 Å². The van der Waals surface area contributed by atoms with E-state index in [9.17, 15) is 4.79 Å². The van der Waals surface area contributed by atoms with Crippen LogP contribution >= 0.6 is 0 Å². The maximum Gasteiger partial charge on any atom is 0.317 e. The Morgan fingerprint density at radius 2 is 1.80 bits per heavy atom. The van der Waals surface area contributed by atoms with Crippen LogP contribution in [0.3, 0.4) is 0 Å². The molecule has 0 aromatic heterocycles. The molecule has 5 heteroatoms. The summed E-state index contributed by atoms with van der Waals surface area (Å²) in [5, 5.41) is 14.7. The number of nitrogens with one attached hydrogen (secondary N) is 1. The van der Waals surface area contributed by atoms with Crippen LogP contribution in [0.4, 0.5) is 0 Å². The van der Waals surface area contributed by atoms with Gasteiger partial charge in [0.05, 0.1) is 6.54 Å². The molecule has 0 bridgehead atoms. The lowest BCUT2D eigenvalue weighted by molar-refractivity contribution is -0.135. The predicted molar refractivity (Wildman–Crippen MR) is 58.9 cm³/mol. The van der Waals surface area contributed by atoms with E-state index >= 15 is 0 Å². The van der Waals surface area contributed by atoms with Gasteiger partial charge in [-0.1, -0.05) is 29.8 Å². The summed E-state index contributed by atoms with van der Waals surface area (Å²) in [5.74, 6) is -0.843. The number of hydrogen-bond donors (Lipinski definition) is 4. The fraction of sp³-hybridized carbons (Fsp3) is 0.200. The van der Waals surface area contributed by atoms with Crippen molar-refractivity contribution in [1.29, 1.82) is 5.41 Å². The molecule has 0 unspecified atom stereocenters. The lowest BCUT2D eigenvalue weighted by Crippen LogP contribution is -2.10. The van der Waals surface area contributed by atoms with Crippen LogP contribution in [0.25, 0.3) is 0 Å². The van der Waals surface area contributed by atoms with Crippen molar-refractivity contribution in [2.45, 2.75) is 6.92 Å². The Balaban J connectivity index is 0.000000336. The van der Waals surface area contributed by atoms with E-state index in [4.69, 9.17) is 16.2 Å². The standard InChI is InChI=1S/C8H10N2.C2H5NO2/c1-6-2-4-7(5-3-6)8(9)10;3-1-2(4)5/h2-5H,1H3,(H3,9,10);1,3H2,(H,4,5). The molecule has 0 heterocycles. The molecule has 0 spiro atoms. The number of aliphatic carboxylic acids is 1. The average molecular weight is 209 g/mol. The number of benzene rings is 1. The molecule has 15 heavy (non-hydrogen) atoms. The summed E-state index contributed by atoms with van der Waals surface area (Å²) < 4.78 is 0. The molecular weight excluding hydrogens is 194 g/mol. The second-order valence-corrected chi connectivity index (χ2v) is 2.88. The Kier molecular flexibility index (Phi) is 5.73. The lowest BCUT2D eigenvalue weighted by Gasteiger charge is -1.96. The summed E-state index contributed by atoms with van der Waals surface area (Å²) in [6.45, 7) is 1.73. The van der Waals surface area contributed by atoms with Gasteiger partial charge >= 0.3 is 5.97 Å². The van der Waals surface area contributed by atoms with Crippen molar-refractivity contribution in [3.63, 3.8) is 0 Å². The number of rotatable bonds is 2. The van der Waals surface area contributed by atoms with E-state index in [1.807, 2.05) is 31.2 Å². The molecule has 1 aromatic carbocycles. The van der Waals surface area contributed by atoms with Gasteiger partial charge in [0, 0.05) is 5.56 Å². The zero-order valence-corrected chi connectivity index (χ0v) is 8.53. The van der Waals surface area contributed by atoms with Crippen LogP contribution in [-0.2, 0) is 4.79 Å². The molecule has 0 saturated heterocycles. The molecule has 0 fully saturated rings. The van der Waals surface area contributed by atoms with E-state index in [1.54, 1.807) is 0 Å². The van der Waals surface area contributed by atoms with Crippen LogP contribution in [0.15, 0.2) is 24.3 Å². The molecule has 1 aromatic rings. The number of amidine groups is 1. The number of nitrogen functional groups attached to an aromatic ring is 1. The quantitative estimate of drug-likeness (QED) is 0.414. The summed E-state index contributed by atoms with van der Waals surface area (Å²) in [5.41, 5.74) is 11.8. The van der Waals surface area contributed by atoms with Gasteiger partial charge < -0.3 is 16.6 Å². The summed E-state index contributed by atoms with van der Waals surface area (Å²) in [6, 6.07) is 7.57. The summed E-state index contributed by atoms with van der Waals surface area (Å²) in [4.78, 5) is 9.24. The van der Waals surface area contributed by atoms with Crippen molar-refractivity contribution in [2.24, 2.45) is 11.5 Å². The van der Waals surface area contributed by atoms with Crippen LogP contribution in [0.5, 0.6) is 0 Å². The highest BCUT2D eigenvalue weighted by Gasteiger charge is 1.92. The SMILES string of the molecule is Cc1ccc(C(=N)N)cc1.NCC(=O)O. The molecule has 0 saturated carbocycles. The number of carbonyl (C=O) groups is 1. The van der Waals surface area contributed by atoms with Crippen LogP contribution in [0.2, 0.25) is 0 Å². The maximum absolute atomic E-state index is 9.24. The molecule has 6 N–H and O–H groups in total. The highest BCUT2D eigenvalue weighted by atomic mass is 16.4. The highest BCUT2D eigenvalue weighted by molar-refractivity contribution is 5.94. The van der Waals surface area contributed by atoms with Gasteiger partial charge in [-0.15, -0.1) is 0 Å². The fourth-order valence-electron chi connectivity index (χ4n) is 0.733. The van der Waals surface area contributed by atoms with Crippen molar-refractivity contribution >= 4 is 11.8 Å². The van der Waals surface area contributed by atoms with Crippen LogP contribution in [0, 0.1) is 12.3 Å². The van der Waals surface area contributed by atoms with Crippen molar-refractivity contribution < 1.29 is 9.90 Å². The van der Waals surface area contributed by atoms with E-state index in [2.05, 4.69) is 5.73 Å². The first kappa shape index (κ1) is 13.1. The Bertz CT molecular complexity index is 333. The molecule has 0 aliphatic rings. The normalized spacial score (nSPS) is 8.67. The first-order chi connectivity index (χ1) is 6.97. The molecule has 5 nitrogen and oxygen atoms in total. The monoisotopic (exact) mass is 209 g/mol. The fourth-order valence-corrected chi connectivity index (χ4v) is 0.733. The van der Waals surface area contributed by atoms with Gasteiger partial charge in [0.15, 0.2) is 0 Å². The molecule has 1 rings (SSSR count). The number of carboxylic acids is 1. The Hall–Kier alpha value is -1.88. The minimum Gasteiger partial charge on any atom is -0.480 e. The lowest BCUT2D eigenvalue weighted by atomic mass is 10.1. The summed E-state index contributed by atoms with van der Waals surface area (Å²) in [6.07, 6.45) is 0. The molecule has 0 aliphatic carbocycles. The molecule has 0 aliphatic heterocycles. The number of nitrogens with two attached hydrogens (primary N) is 2. The van der Waals surface area contributed by atoms with Crippen LogP contribution < -0.4 is 11.5 Å². The van der Waals surface area contributed by atoms with Gasteiger partial charge in [-0.05, 0) is 6.92 Å². The second-order valence-electron chi connectivity index (χ2n) is 2.88. The van der Waals surface area contributed by atoms with E-state index in [0.717, 1.165) is 5.56 Å². The van der Waals surface area contributed by atoms with Crippen LogP contribution in [0.1, 0.15) is 11.1 Å². The van der Waals surface area contributed by atoms with Gasteiger partial charge in [-0.25, -0.2) is 0 Å². The van der Waals surface area contributed by atoms with Gasteiger partial charge in [0.1, 0.15) is 5.84 Å². The predicted octanol–water partition coefficient (Wildman–Crippen LogP) is 0.309. The molecule has 82 valence electrons. The molecule has 0 radical (unpaired) electrons. The number of aryl methyl sites for hydroxylation is 1. The Morgan fingerprint density at radius 1 is 1.40 bits per heavy atom. The third-order valence-electron chi connectivity index (χ3n) is 1.54. The first-order valence-corrected chi connectivity index (χ1v) is 4.30. The van der Waals surface area contributed by atoms with Crippen molar-refractivity contribution in [3.8, 4) is 0 Å². The minimum absolute atomic E-state index is 0.125. The number of hydrogen-bond acceptors (Lipinski definition) is 3. The van der Waals surface area contributed by atoms with Gasteiger partial charge in [0.2, 0.25) is 0 Å². The molecule has 0 amide bonds. The third kappa shape index (κ3) is 6.23. The zero-order valence-electron chi connectivity index (χ0n) is 8.53. The smallest absolute Gasteiger partial charge is 0.317 e. The minimum atomic E-state index is -0.968. The topological polar surface area (TPSA) is 113 Å². The summed E-state index contributed by atoms with van der Waals surface area (Å²) in [7, 11) is 0. The third-order valence-corrected chi connectivity index (χ3v) is 1.54. The van der Waals surface area contributed by atoms with Crippen molar-refractivity contribution in [2.75, 3.05) is 6.54 Å². The molecule has 0 atom stereocenters. The highest BCUT2D eigenvalue weighted by Crippen LogP contribution is 2.00. The van der Waals surface area contributed by atoms with Crippen molar-refractivity contribution in [3.05, 3.63) is 35.4 Å². The van der Waals surface area contributed by atoms with Crippen LogP contribution in [-0.4, -0.2) is 23.5 Å². The first-order valence-electron chi connectivity index (χ1n) is 4.30. The molecular formula is C10H15N3O2. The van der Waals surface area contributed by atoms with E-state index in [0.29, 0.717) is 0 Å². The Labute approximate surface area is 88.2 Å². The van der Waals surface area contributed by atoms with Crippen molar-refractivity contribution in [1.82, 2.24) is 0 Å². The number of carboxylic acid groups (broad SMARTS) is 1.